The first kappa shape index (κ1) is 18.3. The Morgan fingerprint density at radius 3 is 2.50 bits per heavy atom. The normalized spacial score (nSPS) is 10.3. The molecule has 0 saturated heterocycles. The molecular formula is C18H18Cl2N2O2. The van der Waals surface area contributed by atoms with Crippen LogP contribution in [0.25, 0.3) is 0 Å². The first-order valence-electron chi connectivity index (χ1n) is 7.50. The summed E-state index contributed by atoms with van der Waals surface area (Å²) in [5.41, 5.74) is 1.36. The van der Waals surface area contributed by atoms with Gasteiger partial charge in [-0.05, 0) is 29.8 Å². The SMILES string of the molecule is CC(=O)N(CCNC(=O)c1cccc(Cl)c1)Cc1ccccc1Cl. The van der Waals surface area contributed by atoms with Gasteiger partial charge in [0.15, 0.2) is 0 Å². The van der Waals surface area contributed by atoms with E-state index in [-0.39, 0.29) is 11.8 Å². The molecule has 1 N–H and O–H groups in total. The van der Waals surface area contributed by atoms with E-state index in [1.165, 1.54) is 6.92 Å². The summed E-state index contributed by atoms with van der Waals surface area (Å²) in [6.45, 7) is 2.64. The number of carbonyl (C=O) groups is 2. The van der Waals surface area contributed by atoms with Crippen molar-refractivity contribution in [3.8, 4) is 0 Å². The minimum atomic E-state index is -0.223. The first-order chi connectivity index (χ1) is 11.5. The lowest BCUT2D eigenvalue weighted by Gasteiger charge is -2.22. The molecule has 2 aromatic rings. The van der Waals surface area contributed by atoms with Crippen LogP contribution in [0, 0.1) is 0 Å². The second-order valence-electron chi connectivity index (χ2n) is 5.30. The maximum atomic E-state index is 12.1. The Morgan fingerprint density at radius 2 is 1.83 bits per heavy atom. The number of halogens is 2. The van der Waals surface area contributed by atoms with Crippen LogP contribution in [0.1, 0.15) is 22.8 Å². The molecule has 2 rings (SSSR count). The molecule has 0 bridgehead atoms. The van der Waals surface area contributed by atoms with Crippen molar-refractivity contribution in [1.82, 2.24) is 10.2 Å². The maximum Gasteiger partial charge on any atom is 0.251 e. The molecule has 0 aliphatic heterocycles. The van der Waals surface area contributed by atoms with Crippen molar-refractivity contribution in [3.63, 3.8) is 0 Å². The summed E-state index contributed by atoms with van der Waals surface area (Å²) in [6.07, 6.45) is 0. The van der Waals surface area contributed by atoms with Gasteiger partial charge in [-0.15, -0.1) is 0 Å². The molecule has 0 saturated carbocycles. The van der Waals surface area contributed by atoms with E-state index in [0.717, 1.165) is 5.56 Å². The van der Waals surface area contributed by atoms with Gasteiger partial charge in [0, 0.05) is 42.2 Å². The van der Waals surface area contributed by atoms with E-state index in [1.54, 1.807) is 35.2 Å². The fourth-order valence-corrected chi connectivity index (χ4v) is 2.60. The molecule has 0 atom stereocenters. The van der Waals surface area contributed by atoms with E-state index in [1.807, 2.05) is 18.2 Å². The number of hydrogen-bond acceptors (Lipinski definition) is 2. The van der Waals surface area contributed by atoms with Crippen molar-refractivity contribution < 1.29 is 9.59 Å². The third-order valence-corrected chi connectivity index (χ3v) is 4.12. The van der Waals surface area contributed by atoms with E-state index < -0.39 is 0 Å². The van der Waals surface area contributed by atoms with Gasteiger partial charge in [-0.2, -0.15) is 0 Å². The Morgan fingerprint density at radius 1 is 1.08 bits per heavy atom. The highest BCUT2D eigenvalue weighted by Crippen LogP contribution is 2.17. The quantitative estimate of drug-likeness (QED) is 0.847. The molecule has 0 aliphatic carbocycles. The van der Waals surface area contributed by atoms with Gasteiger partial charge in [-0.3, -0.25) is 9.59 Å². The maximum absolute atomic E-state index is 12.1. The first-order valence-corrected chi connectivity index (χ1v) is 8.25. The number of carbonyl (C=O) groups excluding carboxylic acids is 2. The van der Waals surface area contributed by atoms with Gasteiger partial charge in [-0.25, -0.2) is 0 Å². The van der Waals surface area contributed by atoms with Crippen molar-refractivity contribution in [2.24, 2.45) is 0 Å². The van der Waals surface area contributed by atoms with Gasteiger partial charge in [0.1, 0.15) is 0 Å². The molecular weight excluding hydrogens is 347 g/mol. The lowest BCUT2D eigenvalue weighted by atomic mass is 10.2. The fraction of sp³-hybridized carbons (Fsp3) is 0.222. The van der Waals surface area contributed by atoms with Crippen LogP contribution >= 0.6 is 23.2 Å². The van der Waals surface area contributed by atoms with Crippen LogP contribution in [-0.4, -0.2) is 29.8 Å². The lowest BCUT2D eigenvalue weighted by molar-refractivity contribution is -0.129. The smallest absolute Gasteiger partial charge is 0.251 e. The van der Waals surface area contributed by atoms with Crippen LogP contribution in [0.4, 0.5) is 0 Å². The molecule has 0 aromatic heterocycles. The molecule has 6 heteroatoms. The van der Waals surface area contributed by atoms with E-state index in [0.29, 0.717) is 35.2 Å². The molecule has 0 spiro atoms. The zero-order chi connectivity index (χ0) is 17.5. The topological polar surface area (TPSA) is 49.4 Å². The van der Waals surface area contributed by atoms with E-state index in [9.17, 15) is 9.59 Å². The molecule has 2 amide bonds. The Labute approximate surface area is 151 Å². The highest BCUT2D eigenvalue weighted by molar-refractivity contribution is 6.31. The van der Waals surface area contributed by atoms with E-state index in [4.69, 9.17) is 23.2 Å². The third kappa shape index (κ3) is 5.25. The van der Waals surface area contributed by atoms with Gasteiger partial charge in [0.25, 0.3) is 5.91 Å². The number of nitrogens with zero attached hydrogens (tertiary/aromatic N) is 1. The molecule has 4 nitrogen and oxygen atoms in total. The standard InChI is InChI=1S/C18H18Cl2N2O2/c1-13(23)22(12-15-5-2-3-8-17(15)20)10-9-21-18(24)14-6-4-7-16(19)11-14/h2-8,11H,9-10,12H2,1H3,(H,21,24). The summed E-state index contributed by atoms with van der Waals surface area (Å²) in [7, 11) is 0. The molecule has 0 heterocycles. The molecule has 0 radical (unpaired) electrons. The molecule has 2 aromatic carbocycles. The summed E-state index contributed by atoms with van der Waals surface area (Å²) in [5, 5.41) is 3.91. The number of nitrogens with one attached hydrogen (secondary N) is 1. The Kier molecular flexibility index (Phi) is 6.64. The van der Waals surface area contributed by atoms with Crippen molar-refractivity contribution in [3.05, 3.63) is 69.7 Å². The Hall–Kier alpha value is -2.04. The molecule has 24 heavy (non-hydrogen) atoms. The minimum absolute atomic E-state index is 0.0769. The van der Waals surface area contributed by atoms with Gasteiger partial charge in [-0.1, -0.05) is 47.5 Å². The molecule has 0 fully saturated rings. The van der Waals surface area contributed by atoms with Crippen molar-refractivity contribution in [2.75, 3.05) is 13.1 Å². The van der Waals surface area contributed by atoms with Crippen LogP contribution in [-0.2, 0) is 11.3 Å². The van der Waals surface area contributed by atoms with Gasteiger partial charge < -0.3 is 10.2 Å². The lowest BCUT2D eigenvalue weighted by Crippen LogP contribution is -2.37. The van der Waals surface area contributed by atoms with E-state index in [2.05, 4.69) is 5.32 Å². The van der Waals surface area contributed by atoms with Gasteiger partial charge >= 0.3 is 0 Å². The van der Waals surface area contributed by atoms with Crippen LogP contribution < -0.4 is 5.32 Å². The molecule has 0 aliphatic rings. The average Bonchev–Trinajstić information content (AvgIpc) is 2.55. The summed E-state index contributed by atoms with van der Waals surface area (Å²) >= 11 is 12.0. The molecule has 126 valence electrons. The summed E-state index contributed by atoms with van der Waals surface area (Å²) in [6, 6.07) is 14.1. The Balaban J connectivity index is 1.91. The predicted octanol–water partition coefficient (Wildman–Crippen LogP) is 3.77. The number of rotatable bonds is 6. The van der Waals surface area contributed by atoms with Crippen LogP contribution in [0.15, 0.2) is 48.5 Å². The second kappa shape index (κ2) is 8.71. The van der Waals surface area contributed by atoms with Crippen molar-refractivity contribution in [2.45, 2.75) is 13.5 Å². The minimum Gasteiger partial charge on any atom is -0.350 e. The number of hydrogen-bond donors (Lipinski definition) is 1. The zero-order valence-electron chi connectivity index (χ0n) is 13.3. The van der Waals surface area contributed by atoms with E-state index >= 15 is 0 Å². The fourth-order valence-electron chi connectivity index (χ4n) is 2.22. The van der Waals surface area contributed by atoms with Crippen LogP contribution in [0.3, 0.4) is 0 Å². The van der Waals surface area contributed by atoms with Crippen LogP contribution in [0.5, 0.6) is 0 Å². The Bertz CT molecular complexity index is 734. The highest BCUT2D eigenvalue weighted by Gasteiger charge is 2.12. The summed E-state index contributed by atoms with van der Waals surface area (Å²) in [5.74, 6) is -0.300. The highest BCUT2D eigenvalue weighted by atomic mass is 35.5. The van der Waals surface area contributed by atoms with Gasteiger partial charge in [0.2, 0.25) is 5.91 Å². The van der Waals surface area contributed by atoms with Crippen molar-refractivity contribution >= 4 is 35.0 Å². The van der Waals surface area contributed by atoms with Gasteiger partial charge in [0.05, 0.1) is 0 Å². The third-order valence-electron chi connectivity index (χ3n) is 3.52. The van der Waals surface area contributed by atoms with Crippen LogP contribution in [0.2, 0.25) is 10.0 Å². The monoisotopic (exact) mass is 364 g/mol. The second-order valence-corrected chi connectivity index (χ2v) is 6.14. The number of amides is 2. The number of benzene rings is 2. The predicted molar refractivity (Wildman–Crippen MR) is 96.3 cm³/mol. The molecule has 0 unspecified atom stereocenters. The van der Waals surface area contributed by atoms with Crippen molar-refractivity contribution in [1.29, 1.82) is 0 Å². The zero-order valence-corrected chi connectivity index (χ0v) is 14.8. The summed E-state index contributed by atoms with van der Waals surface area (Å²) in [4.78, 5) is 25.5. The largest absolute Gasteiger partial charge is 0.350 e. The average molecular weight is 365 g/mol. The summed E-state index contributed by atoms with van der Waals surface area (Å²) < 4.78 is 0.